The lowest BCUT2D eigenvalue weighted by molar-refractivity contribution is -0.132. The summed E-state index contributed by atoms with van der Waals surface area (Å²) in [5.74, 6) is 0.356. The second-order valence-electron chi connectivity index (χ2n) is 6.20. The highest BCUT2D eigenvalue weighted by Crippen LogP contribution is 2.37. The van der Waals surface area contributed by atoms with E-state index in [4.69, 9.17) is 0 Å². The summed E-state index contributed by atoms with van der Waals surface area (Å²) in [6.45, 7) is 1.60. The molecule has 1 saturated heterocycles. The molecule has 2 aromatic rings. The Balaban J connectivity index is 1.82. The fourth-order valence-corrected chi connectivity index (χ4v) is 4.23. The fraction of sp³-hybridized carbons (Fsp3) is 0.350. The van der Waals surface area contributed by atoms with Crippen LogP contribution in [0.5, 0.6) is 0 Å². The van der Waals surface area contributed by atoms with E-state index in [-0.39, 0.29) is 23.7 Å². The van der Waals surface area contributed by atoms with Crippen LogP contribution in [0.25, 0.3) is 0 Å². The Morgan fingerprint density at radius 3 is 2.46 bits per heavy atom. The third kappa shape index (κ3) is 4.19. The highest BCUT2D eigenvalue weighted by molar-refractivity contribution is 8.00. The minimum atomic E-state index is -0.244. The summed E-state index contributed by atoms with van der Waals surface area (Å²) in [7, 11) is 0. The normalized spacial score (nSPS) is 19.0. The van der Waals surface area contributed by atoms with E-state index < -0.39 is 0 Å². The predicted molar refractivity (Wildman–Crippen MR) is 97.9 cm³/mol. The summed E-state index contributed by atoms with van der Waals surface area (Å²) in [5, 5.41) is 9.19. The van der Waals surface area contributed by atoms with Crippen molar-refractivity contribution in [2.75, 3.05) is 19.7 Å². The van der Waals surface area contributed by atoms with Crippen molar-refractivity contribution < 1.29 is 9.90 Å². The second-order valence-corrected chi connectivity index (χ2v) is 7.38. The van der Waals surface area contributed by atoms with Crippen molar-refractivity contribution in [3.63, 3.8) is 0 Å². The van der Waals surface area contributed by atoms with E-state index in [0.717, 1.165) is 29.8 Å². The Hall–Kier alpha value is -1.78. The molecular formula is C20H23NO2S. The fourth-order valence-electron chi connectivity index (χ4n) is 3.10. The number of hydrogen-bond donors (Lipinski definition) is 1. The van der Waals surface area contributed by atoms with Crippen LogP contribution in [0.3, 0.4) is 0 Å². The number of hydrogen-bond acceptors (Lipinski definition) is 3. The van der Waals surface area contributed by atoms with Crippen LogP contribution >= 0.6 is 11.8 Å². The van der Waals surface area contributed by atoms with Crippen molar-refractivity contribution in [3.8, 4) is 0 Å². The van der Waals surface area contributed by atoms with Gasteiger partial charge in [-0.15, -0.1) is 11.8 Å². The Kier molecular flexibility index (Phi) is 5.94. The molecule has 3 nitrogen and oxygen atoms in total. The minimum Gasteiger partial charge on any atom is -0.396 e. The SMILES string of the molecule is O=C(C(Sc1ccccc1)c1ccccc1)N1CCCC(CO)C1. The molecule has 1 fully saturated rings. The van der Waals surface area contributed by atoms with E-state index in [2.05, 4.69) is 0 Å². The lowest BCUT2D eigenvalue weighted by atomic mass is 9.98. The van der Waals surface area contributed by atoms with Gasteiger partial charge in [-0.3, -0.25) is 4.79 Å². The zero-order valence-corrected chi connectivity index (χ0v) is 14.5. The number of benzene rings is 2. The van der Waals surface area contributed by atoms with Gasteiger partial charge in [0.1, 0.15) is 5.25 Å². The number of nitrogens with zero attached hydrogens (tertiary/aromatic N) is 1. The summed E-state index contributed by atoms with van der Waals surface area (Å²) in [6.07, 6.45) is 1.97. The molecule has 1 aliphatic heterocycles. The first-order valence-corrected chi connectivity index (χ1v) is 9.32. The van der Waals surface area contributed by atoms with Crippen molar-refractivity contribution >= 4 is 17.7 Å². The second kappa shape index (κ2) is 8.36. The summed E-state index contributed by atoms with van der Waals surface area (Å²) >= 11 is 1.60. The van der Waals surface area contributed by atoms with E-state index in [1.807, 2.05) is 65.6 Å². The first-order chi connectivity index (χ1) is 11.8. The minimum absolute atomic E-state index is 0.146. The number of carbonyl (C=O) groups is 1. The number of amides is 1. The Labute approximate surface area is 147 Å². The van der Waals surface area contributed by atoms with Crippen LogP contribution in [-0.4, -0.2) is 35.6 Å². The molecule has 24 heavy (non-hydrogen) atoms. The molecule has 2 atom stereocenters. The van der Waals surface area contributed by atoms with Crippen LogP contribution in [-0.2, 0) is 4.79 Å². The lowest BCUT2D eigenvalue weighted by Crippen LogP contribution is -2.42. The van der Waals surface area contributed by atoms with Gasteiger partial charge in [0.05, 0.1) is 0 Å². The molecule has 0 saturated carbocycles. The molecule has 2 aromatic carbocycles. The van der Waals surface area contributed by atoms with Crippen molar-refractivity contribution in [2.45, 2.75) is 23.0 Å². The molecule has 1 heterocycles. The zero-order chi connectivity index (χ0) is 16.8. The molecule has 1 amide bonds. The van der Waals surface area contributed by atoms with Gasteiger partial charge < -0.3 is 10.0 Å². The lowest BCUT2D eigenvalue weighted by Gasteiger charge is -2.34. The van der Waals surface area contributed by atoms with Crippen LogP contribution in [0.15, 0.2) is 65.6 Å². The Bertz CT molecular complexity index is 647. The molecule has 2 unspecified atom stereocenters. The summed E-state index contributed by atoms with van der Waals surface area (Å²) in [4.78, 5) is 16.2. The molecule has 0 spiro atoms. The molecule has 1 aliphatic rings. The van der Waals surface area contributed by atoms with E-state index >= 15 is 0 Å². The number of thioether (sulfide) groups is 1. The average Bonchev–Trinajstić information content (AvgIpc) is 2.67. The highest BCUT2D eigenvalue weighted by Gasteiger charge is 2.30. The van der Waals surface area contributed by atoms with Crippen molar-refractivity contribution in [1.29, 1.82) is 0 Å². The van der Waals surface area contributed by atoms with Crippen molar-refractivity contribution in [2.24, 2.45) is 5.92 Å². The predicted octanol–water partition coefficient (Wildman–Crippen LogP) is 3.75. The van der Waals surface area contributed by atoms with Crippen molar-refractivity contribution in [3.05, 3.63) is 66.2 Å². The van der Waals surface area contributed by atoms with Gasteiger partial charge in [-0.2, -0.15) is 0 Å². The topological polar surface area (TPSA) is 40.5 Å². The molecule has 0 aliphatic carbocycles. The molecule has 0 aromatic heterocycles. The van der Waals surface area contributed by atoms with Gasteiger partial charge >= 0.3 is 0 Å². The van der Waals surface area contributed by atoms with E-state index in [1.165, 1.54) is 0 Å². The number of aliphatic hydroxyl groups is 1. The number of rotatable bonds is 5. The zero-order valence-electron chi connectivity index (χ0n) is 13.7. The van der Waals surface area contributed by atoms with Gasteiger partial charge in [0.25, 0.3) is 0 Å². The number of piperidine rings is 1. The Morgan fingerprint density at radius 2 is 1.79 bits per heavy atom. The van der Waals surface area contributed by atoms with Gasteiger partial charge in [0.15, 0.2) is 0 Å². The third-order valence-electron chi connectivity index (χ3n) is 4.41. The quantitative estimate of drug-likeness (QED) is 0.842. The monoisotopic (exact) mass is 341 g/mol. The van der Waals surface area contributed by atoms with Gasteiger partial charge in [-0.05, 0) is 36.5 Å². The van der Waals surface area contributed by atoms with Crippen LogP contribution in [0.4, 0.5) is 0 Å². The molecule has 1 N–H and O–H groups in total. The summed E-state index contributed by atoms with van der Waals surface area (Å²) in [5.41, 5.74) is 1.03. The Morgan fingerprint density at radius 1 is 1.12 bits per heavy atom. The average molecular weight is 341 g/mol. The first-order valence-electron chi connectivity index (χ1n) is 8.44. The van der Waals surface area contributed by atoms with Crippen LogP contribution in [0, 0.1) is 5.92 Å². The van der Waals surface area contributed by atoms with E-state index in [1.54, 1.807) is 11.8 Å². The molecule has 0 radical (unpaired) electrons. The largest absolute Gasteiger partial charge is 0.396 e. The maximum Gasteiger partial charge on any atom is 0.240 e. The molecule has 0 bridgehead atoms. The van der Waals surface area contributed by atoms with E-state index in [9.17, 15) is 9.90 Å². The van der Waals surface area contributed by atoms with Gasteiger partial charge in [-0.25, -0.2) is 0 Å². The maximum atomic E-state index is 13.2. The molecule has 4 heteroatoms. The number of likely N-dealkylation sites (tertiary alicyclic amines) is 1. The van der Waals surface area contributed by atoms with E-state index in [0.29, 0.717) is 6.54 Å². The smallest absolute Gasteiger partial charge is 0.240 e. The molecule has 126 valence electrons. The number of carbonyl (C=O) groups excluding carboxylic acids is 1. The van der Waals surface area contributed by atoms with Crippen LogP contribution in [0.2, 0.25) is 0 Å². The van der Waals surface area contributed by atoms with Crippen LogP contribution < -0.4 is 0 Å². The van der Waals surface area contributed by atoms with Gasteiger partial charge in [0, 0.05) is 24.6 Å². The van der Waals surface area contributed by atoms with Crippen LogP contribution in [0.1, 0.15) is 23.7 Å². The van der Waals surface area contributed by atoms with Gasteiger partial charge in [0.2, 0.25) is 5.91 Å². The van der Waals surface area contributed by atoms with Gasteiger partial charge in [-0.1, -0.05) is 48.5 Å². The number of aliphatic hydroxyl groups excluding tert-OH is 1. The first kappa shape index (κ1) is 17.1. The highest BCUT2D eigenvalue weighted by atomic mass is 32.2. The third-order valence-corrected chi connectivity index (χ3v) is 5.67. The standard InChI is InChI=1S/C20H23NO2S/c22-15-16-8-7-13-21(14-16)20(23)19(17-9-3-1-4-10-17)24-18-11-5-2-6-12-18/h1-6,9-12,16,19,22H,7-8,13-15H2. The summed E-state index contributed by atoms with van der Waals surface area (Å²) in [6, 6.07) is 20.0. The molecule has 3 rings (SSSR count). The molecular weight excluding hydrogens is 318 g/mol. The summed E-state index contributed by atoms with van der Waals surface area (Å²) < 4.78 is 0. The van der Waals surface area contributed by atoms with Crippen molar-refractivity contribution in [1.82, 2.24) is 4.90 Å². The maximum absolute atomic E-state index is 13.2.